The van der Waals surface area contributed by atoms with Crippen molar-refractivity contribution < 1.29 is 14.3 Å². The van der Waals surface area contributed by atoms with Crippen LogP contribution >= 0.6 is 11.6 Å². The summed E-state index contributed by atoms with van der Waals surface area (Å²) in [6, 6.07) is 10.6. The van der Waals surface area contributed by atoms with E-state index in [2.05, 4.69) is 10.4 Å². The van der Waals surface area contributed by atoms with E-state index in [0.717, 1.165) is 5.56 Å². The van der Waals surface area contributed by atoms with E-state index in [1.165, 1.54) is 0 Å². The highest BCUT2D eigenvalue weighted by atomic mass is 35.5. The van der Waals surface area contributed by atoms with E-state index < -0.39 is 11.3 Å². The van der Waals surface area contributed by atoms with Crippen molar-refractivity contribution >= 4 is 28.4 Å². The highest BCUT2D eigenvalue weighted by Gasteiger charge is 2.18. The molecule has 0 atom stereocenters. The average molecular weight is 400 g/mol. The molecular weight excluding hydrogens is 382 g/mol. The number of hydrogen-bond donors (Lipinski definition) is 1. The van der Waals surface area contributed by atoms with E-state index in [1.54, 1.807) is 22.9 Å². The van der Waals surface area contributed by atoms with Crippen LogP contribution in [-0.2, 0) is 13.0 Å². The van der Waals surface area contributed by atoms with Crippen LogP contribution in [0, 0.1) is 0 Å². The lowest BCUT2D eigenvalue weighted by Crippen LogP contribution is -2.33. The molecule has 1 aliphatic rings. The van der Waals surface area contributed by atoms with Gasteiger partial charge >= 0.3 is 0 Å². The molecule has 1 N–H and O–H groups in total. The molecule has 0 radical (unpaired) electrons. The second kappa shape index (κ2) is 7.52. The molecule has 28 heavy (non-hydrogen) atoms. The fourth-order valence-electron chi connectivity index (χ4n) is 3.15. The number of amides is 1. The van der Waals surface area contributed by atoms with Crippen LogP contribution < -0.4 is 20.2 Å². The molecule has 0 fully saturated rings. The van der Waals surface area contributed by atoms with Gasteiger partial charge in [-0.25, -0.2) is 0 Å². The molecule has 3 aromatic rings. The van der Waals surface area contributed by atoms with Crippen molar-refractivity contribution in [2.75, 3.05) is 13.3 Å². The number of nitrogens with one attached hydrogen (secondary N) is 1. The summed E-state index contributed by atoms with van der Waals surface area (Å²) in [4.78, 5) is 25.3. The van der Waals surface area contributed by atoms with Gasteiger partial charge in [0.25, 0.3) is 5.91 Å². The van der Waals surface area contributed by atoms with E-state index in [-0.39, 0.29) is 12.5 Å². The van der Waals surface area contributed by atoms with E-state index in [1.807, 2.05) is 25.1 Å². The molecule has 0 saturated heterocycles. The van der Waals surface area contributed by atoms with Gasteiger partial charge in [-0.1, -0.05) is 17.7 Å². The zero-order chi connectivity index (χ0) is 19.7. The topological polar surface area (TPSA) is 82.5 Å². The molecule has 2 aromatic carbocycles. The normalized spacial score (nSPS) is 12.4. The fraction of sp³-hybridized carbons (Fsp3) is 0.250. The average Bonchev–Trinajstić information content (AvgIpc) is 3.16. The number of aromatic nitrogens is 2. The molecular formula is C20H18ClN3O4. The minimum atomic E-state index is -0.505. The monoisotopic (exact) mass is 399 g/mol. The Morgan fingerprint density at radius 2 is 2.04 bits per heavy atom. The smallest absolute Gasteiger partial charge is 0.275 e. The third-order valence-electron chi connectivity index (χ3n) is 4.57. The summed E-state index contributed by atoms with van der Waals surface area (Å²) in [5, 5.41) is 7.82. The Morgan fingerprint density at radius 1 is 1.21 bits per heavy atom. The molecule has 4 rings (SSSR count). The van der Waals surface area contributed by atoms with Gasteiger partial charge in [0.1, 0.15) is 0 Å². The van der Waals surface area contributed by atoms with E-state index in [0.29, 0.717) is 46.9 Å². The maximum absolute atomic E-state index is 12.7. The van der Waals surface area contributed by atoms with Crippen molar-refractivity contribution in [1.29, 1.82) is 0 Å². The molecule has 0 bridgehead atoms. The fourth-order valence-corrected chi connectivity index (χ4v) is 3.32. The molecule has 144 valence electrons. The Morgan fingerprint density at radius 3 is 2.86 bits per heavy atom. The van der Waals surface area contributed by atoms with E-state index in [9.17, 15) is 9.59 Å². The van der Waals surface area contributed by atoms with Crippen LogP contribution in [0.1, 0.15) is 23.0 Å². The predicted molar refractivity (Wildman–Crippen MR) is 105 cm³/mol. The number of hydrogen-bond acceptors (Lipinski definition) is 5. The number of ether oxygens (including phenoxy) is 2. The summed E-state index contributed by atoms with van der Waals surface area (Å²) in [5.74, 6) is 0.907. The Bertz CT molecular complexity index is 1130. The molecule has 1 amide bonds. The molecule has 0 saturated carbocycles. The second-order valence-electron chi connectivity index (χ2n) is 6.35. The molecule has 0 unspecified atom stereocenters. The first-order valence-electron chi connectivity index (χ1n) is 8.94. The first-order valence-corrected chi connectivity index (χ1v) is 9.31. The minimum Gasteiger partial charge on any atom is -0.454 e. The quantitative estimate of drug-likeness (QED) is 0.713. The highest BCUT2D eigenvalue weighted by molar-refractivity contribution is 6.31. The zero-order valence-electron chi connectivity index (χ0n) is 15.2. The van der Waals surface area contributed by atoms with Crippen molar-refractivity contribution in [2.45, 2.75) is 19.9 Å². The van der Waals surface area contributed by atoms with Crippen LogP contribution in [0.15, 0.2) is 41.2 Å². The van der Waals surface area contributed by atoms with Gasteiger partial charge in [0.05, 0.1) is 10.9 Å². The molecule has 7 nitrogen and oxygen atoms in total. The van der Waals surface area contributed by atoms with Crippen molar-refractivity contribution in [2.24, 2.45) is 0 Å². The van der Waals surface area contributed by atoms with Crippen LogP contribution in [0.2, 0.25) is 5.02 Å². The van der Waals surface area contributed by atoms with E-state index in [4.69, 9.17) is 21.1 Å². The standard InChI is InChI=1S/C20H18ClN3O4/c1-2-24-15-5-4-13(21)10-14(15)19(25)18(23-24)20(26)22-8-7-12-3-6-16-17(9-12)28-11-27-16/h3-6,9-10H,2,7-8,11H2,1H3,(H,22,26). The van der Waals surface area contributed by atoms with Gasteiger partial charge in [-0.3, -0.25) is 14.3 Å². The summed E-state index contributed by atoms with van der Waals surface area (Å²) in [5.41, 5.74) is 1.08. The number of fused-ring (bicyclic) bond motifs is 2. The van der Waals surface area contributed by atoms with Gasteiger partial charge in [-0.15, -0.1) is 0 Å². The van der Waals surface area contributed by atoms with Gasteiger partial charge < -0.3 is 14.8 Å². The lowest BCUT2D eigenvalue weighted by Gasteiger charge is -2.11. The number of carbonyl (C=O) groups is 1. The van der Waals surface area contributed by atoms with Crippen molar-refractivity contribution in [3.8, 4) is 11.5 Å². The second-order valence-corrected chi connectivity index (χ2v) is 6.78. The van der Waals surface area contributed by atoms with Crippen LogP contribution in [0.5, 0.6) is 11.5 Å². The first kappa shape index (κ1) is 18.3. The Labute approximate surface area is 165 Å². The lowest BCUT2D eigenvalue weighted by atomic mass is 10.1. The molecule has 2 heterocycles. The first-order chi connectivity index (χ1) is 13.6. The third kappa shape index (κ3) is 3.41. The highest BCUT2D eigenvalue weighted by Crippen LogP contribution is 2.32. The lowest BCUT2D eigenvalue weighted by molar-refractivity contribution is 0.0946. The van der Waals surface area contributed by atoms with Crippen LogP contribution in [0.25, 0.3) is 10.9 Å². The summed E-state index contributed by atoms with van der Waals surface area (Å²) < 4.78 is 12.3. The number of carbonyl (C=O) groups excluding carboxylic acids is 1. The van der Waals surface area contributed by atoms with Crippen molar-refractivity contribution in [3.05, 3.63) is 62.9 Å². The van der Waals surface area contributed by atoms with Gasteiger partial charge in [0.15, 0.2) is 17.2 Å². The molecule has 0 spiro atoms. The van der Waals surface area contributed by atoms with Gasteiger partial charge in [0.2, 0.25) is 12.2 Å². The third-order valence-corrected chi connectivity index (χ3v) is 4.80. The van der Waals surface area contributed by atoms with Crippen molar-refractivity contribution in [1.82, 2.24) is 15.1 Å². The maximum atomic E-state index is 12.7. The van der Waals surface area contributed by atoms with Gasteiger partial charge in [-0.05, 0) is 49.2 Å². The SMILES string of the molecule is CCn1nc(C(=O)NCCc2ccc3c(c2)OCO3)c(=O)c2cc(Cl)ccc21. The minimum absolute atomic E-state index is 0.137. The zero-order valence-corrected chi connectivity index (χ0v) is 16.0. The molecule has 0 aliphatic carbocycles. The number of halogens is 1. The van der Waals surface area contributed by atoms with Gasteiger partial charge in [-0.2, -0.15) is 5.10 Å². The Kier molecular flexibility index (Phi) is 4.92. The molecule has 1 aliphatic heterocycles. The number of benzene rings is 2. The van der Waals surface area contributed by atoms with E-state index >= 15 is 0 Å². The summed E-state index contributed by atoms with van der Waals surface area (Å²) in [6.45, 7) is 3.00. The molecule has 1 aromatic heterocycles. The van der Waals surface area contributed by atoms with Crippen LogP contribution in [-0.4, -0.2) is 29.0 Å². The van der Waals surface area contributed by atoms with Crippen LogP contribution in [0.3, 0.4) is 0 Å². The molecule has 8 heteroatoms. The summed E-state index contributed by atoms with van der Waals surface area (Å²) >= 11 is 6.02. The van der Waals surface area contributed by atoms with Gasteiger partial charge in [0, 0.05) is 18.1 Å². The number of aryl methyl sites for hydroxylation is 1. The maximum Gasteiger partial charge on any atom is 0.275 e. The predicted octanol–water partition coefficient (Wildman–Crippen LogP) is 2.77. The van der Waals surface area contributed by atoms with Crippen LogP contribution in [0.4, 0.5) is 0 Å². The van der Waals surface area contributed by atoms with Crippen molar-refractivity contribution in [3.63, 3.8) is 0 Å². The summed E-state index contributed by atoms with van der Waals surface area (Å²) in [7, 11) is 0. The number of rotatable bonds is 5. The largest absolute Gasteiger partial charge is 0.454 e. The Hall–Kier alpha value is -3.06. The number of nitrogens with zero attached hydrogens (tertiary/aromatic N) is 2. The Balaban J connectivity index is 1.52. The summed E-state index contributed by atoms with van der Waals surface area (Å²) in [6.07, 6.45) is 0.587.